The third kappa shape index (κ3) is 4.86. The van der Waals surface area contributed by atoms with Crippen LogP contribution in [-0.4, -0.2) is 31.9 Å². The first-order chi connectivity index (χ1) is 12.1. The van der Waals surface area contributed by atoms with Crippen LogP contribution in [0.4, 0.5) is 10.1 Å². The minimum atomic E-state index is -0.498. The lowest BCUT2D eigenvalue weighted by Crippen LogP contribution is -2.15. The predicted molar refractivity (Wildman–Crippen MR) is 96.8 cm³/mol. The maximum absolute atomic E-state index is 13.7. The SMILES string of the molecule is O=C(CSc1nnnn1Cc1ccccc1)Nc1ccc(Br)cc1F. The molecule has 0 aliphatic heterocycles. The van der Waals surface area contributed by atoms with Gasteiger partial charge in [0.25, 0.3) is 0 Å². The molecule has 0 unspecified atom stereocenters. The van der Waals surface area contributed by atoms with Gasteiger partial charge in [-0.3, -0.25) is 4.79 Å². The molecule has 128 valence electrons. The van der Waals surface area contributed by atoms with Crippen LogP contribution in [0.5, 0.6) is 0 Å². The van der Waals surface area contributed by atoms with Gasteiger partial charge in [-0.1, -0.05) is 58.0 Å². The van der Waals surface area contributed by atoms with E-state index in [0.29, 0.717) is 16.2 Å². The molecule has 25 heavy (non-hydrogen) atoms. The van der Waals surface area contributed by atoms with Crippen LogP contribution in [0.25, 0.3) is 0 Å². The molecular formula is C16H13BrFN5OS. The van der Waals surface area contributed by atoms with Crippen LogP contribution in [0.15, 0.2) is 58.2 Å². The number of benzene rings is 2. The highest BCUT2D eigenvalue weighted by molar-refractivity contribution is 9.10. The summed E-state index contributed by atoms with van der Waals surface area (Å²) in [7, 11) is 0. The Kier molecular flexibility index (Phi) is 5.77. The number of hydrogen-bond acceptors (Lipinski definition) is 5. The fraction of sp³-hybridized carbons (Fsp3) is 0.125. The largest absolute Gasteiger partial charge is 0.323 e. The summed E-state index contributed by atoms with van der Waals surface area (Å²) in [5.74, 6) is -0.757. The van der Waals surface area contributed by atoms with E-state index < -0.39 is 5.82 Å². The van der Waals surface area contributed by atoms with Crippen molar-refractivity contribution in [1.82, 2.24) is 20.2 Å². The Hall–Kier alpha value is -2.26. The van der Waals surface area contributed by atoms with E-state index in [1.54, 1.807) is 10.7 Å². The van der Waals surface area contributed by atoms with Crippen LogP contribution in [0.1, 0.15) is 5.56 Å². The highest BCUT2D eigenvalue weighted by atomic mass is 79.9. The molecule has 0 saturated carbocycles. The molecule has 1 amide bonds. The minimum Gasteiger partial charge on any atom is -0.323 e. The third-order valence-electron chi connectivity index (χ3n) is 3.21. The summed E-state index contributed by atoms with van der Waals surface area (Å²) in [6.07, 6.45) is 0. The molecule has 2 aromatic carbocycles. The second-order valence-corrected chi connectivity index (χ2v) is 6.92. The minimum absolute atomic E-state index is 0.0741. The number of anilines is 1. The van der Waals surface area contributed by atoms with Gasteiger partial charge in [0.15, 0.2) is 0 Å². The van der Waals surface area contributed by atoms with Gasteiger partial charge in [0.2, 0.25) is 11.1 Å². The lowest BCUT2D eigenvalue weighted by atomic mass is 10.2. The van der Waals surface area contributed by atoms with E-state index in [2.05, 4.69) is 36.8 Å². The Morgan fingerprint density at radius 1 is 1.24 bits per heavy atom. The first-order valence-electron chi connectivity index (χ1n) is 7.29. The quantitative estimate of drug-likeness (QED) is 0.617. The van der Waals surface area contributed by atoms with Gasteiger partial charge in [-0.15, -0.1) is 5.10 Å². The van der Waals surface area contributed by atoms with Crippen LogP contribution < -0.4 is 5.32 Å². The Bertz CT molecular complexity index is 874. The molecule has 1 aromatic heterocycles. The van der Waals surface area contributed by atoms with E-state index >= 15 is 0 Å². The van der Waals surface area contributed by atoms with Gasteiger partial charge in [-0.05, 0) is 34.2 Å². The van der Waals surface area contributed by atoms with Gasteiger partial charge < -0.3 is 5.32 Å². The normalized spacial score (nSPS) is 10.6. The van der Waals surface area contributed by atoms with Gasteiger partial charge in [0, 0.05) is 4.47 Å². The molecule has 0 radical (unpaired) electrons. The van der Waals surface area contributed by atoms with Crippen molar-refractivity contribution < 1.29 is 9.18 Å². The molecule has 0 aliphatic rings. The highest BCUT2D eigenvalue weighted by Crippen LogP contribution is 2.20. The molecule has 6 nitrogen and oxygen atoms in total. The summed E-state index contributed by atoms with van der Waals surface area (Å²) in [4.78, 5) is 12.0. The van der Waals surface area contributed by atoms with Crippen molar-refractivity contribution in [2.24, 2.45) is 0 Å². The number of hydrogen-bond donors (Lipinski definition) is 1. The maximum atomic E-state index is 13.7. The molecule has 0 bridgehead atoms. The van der Waals surface area contributed by atoms with Crippen LogP contribution >= 0.6 is 27.7 Å². The molecule has 3 rings (SSSR count). The zero-order chi connectivity index (χ0) is 17.6. The van der Waals surface area contributed by atoms with Crippen molar-refractivity contribution in [3.05, 3.63) is 64.4 Å². The Morgan fingerprint density at radius 3 is 2.80 bits per heavy atom. The average molecular weight is 422 g/mol. The second-order valence-electron chi connectivity index (χ2n) is 5.07. The van der Waals surface area contributed by atoms with Gasteiger partial charge in [0.05, 0.1) is 18.0 Å². The summed E-state index contributed by atoms with van der Waals surface area (Å²) < 4.78 is 16.0. The molecule has 1 N–H and O–H groups in total. The van der Waals surface area contributed by atoms with Gasteiger partial charge in [-0.2, -0.15) is 0 Å². The van der Waals surface area contributed by atoms with E-state index in [4.69, 9.17) is 0 Å². The summed E-state index contributed by atoms with van der Waals surface area (Å²) >= 11 is 4.37. The van der Waals surface area contributed by atoms with Crippen LogP contribution in [0, 0.1) is 5.82 Å². The lowest BCUT2D eigenvalue weighted by molar-refractivity contribution is -0.113. The van der Waals surface area contributed by atoms with Gasteiger partial charge in [0.1, 0.15) is 5.82 Å². The third-order valence-corrected chi connectivity index (χ3v) is 4.66. The second kappa shape index (κ2) is 8.21. The maximum Gasteiger partial charge on any atom is 0.234 e. The monoisotopic (exact) mass is 421 g/mol. The highest BCUT2D eigenvalue weighted by Gasteiger charge is 2.12. The number of carbonyl (C=O) groups excluding carboxylic acids is 1. The van der Waals surface area contributed by atoms with Crippen LogP contribution in [0.3, 0.4) is 0 Å². The van der Waals surface area contributed by atoms with Crippen molar-refractivity contribution in [2.75, 3.05) is 11.1 Å². The number of thioether (sulfide) groups is 1. The van der Waals surface area contributed by atoms with Crippen molar-refractivity contribution >= 4 is 39.3 Å². The van der Waals surface area contributed by atoms with Crippen molar-refractivity contribution in [3.63, 3.8) is 0 Å². The smallest absolute Gasteiger partial charge is 0.234 e. The summed E-state index contributed by atoms with van der Waals surface area (Å²) in [6, 6.07) is 14.2. The van der Waals surface area contributed by atoms with Crippen LogP contribution in [-0.2, 0) is 11.3 Å². The lowest BCUT2D eigenvalue weighted by Gasteiger charge is -2.07. The first-order valence-corrected chi connectivity index (χ1v) is 9.07. The summed E-state index contributed by atoms with van der Waals surface area (Å²) in [6.45, 7) is 0.513. The molecule has 0 spiro atoms. The van der Waals surface area contributed by atoms with E-state index in [-0.39, 0.29) is 17.3 Å². The zero-order valence-electron chi connectivity index (χ0n) is 12.9. The number of halogens is 2. The fourth-order valence-corrected chi connectivity index (χ4v) is 3.07. The Labute approximate surface area is 155 Å². The average Bonchev–Trinajstić information content (AvgIpc) is 3.03. The molecule has 9 heteroatoms. The van der Waals surface area contributed by atoms with Crippen molar-refractivity contribution in [3.8, 4) is 0 Å². The standard InChI is InChI=1S/C16H13BrFN5OS/c17-12-6-7-14(13(18)8-12)19-15(24)10-25-16-20-21-22-23(16)9-11-4-2-1-3-5-11/h1-8H,9-10H2,(H,19,24). The number of tetrazole rings is 1. The molecule has 0 atom stereocenters. The number of nitrogens with one attached hydrogen (secondary N) is 1. The topological polar surface area (TPSA) is 72.7 Å². The molecule has 0 aliphatic carbocycles. The fourth-order valence-electron chi connectivity index (χ4n) is 2.06. The van der Waals surface area contributed by atoms with E-state index in [1.165, 1.54) is 23.9 Å². The molecular weight excluding hydrogens is 409 g/mol. The van der Waals surface area contributed by atoms with E-state index in [0.717, 1.165) is 5.56 Å². The van der Waals surface area contributed by atoms with E-state index in [9.17, 15) is 9.18 Å². The number of aromatic nitrogens is 4. The number of rotatable bonds is 6. The zero-order valence-corrected chi connectivity index (χ0v) is 15.3. The Morgan fingerprint density at radius 2 is 2.04 bits per heavy atom. The van der Waals surface area contributed by atoms with Crippen molar-refractivity contribution in [2.45, 2.75) is 11.7 Å². The Balaban J connectivity index is 1.58. The van der Waals surface area contributed by atoms with Gasteiger partial charge in [-0.25, -0.2) is 9.07 Å². The summed E-state index contributed by atoms with van der Waals surface area (Å²) in [5.41, 5.74) is 1.19. The first kappa shape index (κ1) is 17.6. The molecule has 3 aromatic rings. The number of carbonyl (C=O) groups is 1. The molecule has 0 fully saturated rings. The molecule has 1 heterocycles. The predicted octanol–water partition coefficient (Wildman–Crippen LogP) is 3.35. The summed E-state index contributed by atoms with van der Waals surface area (Å²) in [5, 5.41) is 14.6. The number of amides is 1. The molecule has 0 saturated heterocycles. The number of nitrogens with zero attached hydrogens (tertiary/aromatic N) is 4. The van der Waals surface area contributed by atoms with Crippen molar-refractivity contribution in [1.29, 1.82) is 0 Å². The van der Waals surface area contributed by atoms with Crippen LogP contribution in [0.2, 0.25) is 0 Å². The van der Waals surface area contributed by atoms with Gasteiger partial charge >= 0.3 is 0 Å². The van der Waals surface area contributed by atoms with E-state index in [1.807, 2.05) is 30.3 Å².